The Morgan fingerprint density at radius 1 is 1.39 bits per heavy atom. The lowest BCUT2D eigenvalue weighted by Gasteiger charge is -2.30. The predicted molar refractivity (Wildman–Crippen MR) is 69.8 cm³/mol. The largest absolute Gasteiger partial charge is 0.493 e. The number of ether oxygens (including phenoxy) is 1. The van der Waals surface area contributed by atoms with Crippen LogP contribution < -0.4 is 10.1 Å². The molecule has 0 amide bonds. The second kappa shape index (κ2) is 5.26. The van der Waals surface area contributed by atoms with E-state index >= 15 is 0 Å². The Morgan fingerprint density at radius 2 is 2.11 bits per heavy atom. The smallest absolute Gasteiger partial charge is 0.122 e. The molecule has 1 aromatic rings. The zero-order valence-corrected chi connectivity index (χ0v) is 10.9. The highest BCUT2D eigenvalue weighted by molar-refractivity contribution is 5.40. The maximum absolute atomic E-state index is 9.29. The molecule has 0 saturated heterocycles. The van der Waals surface area contributed by atoms with Crippen molar-refractivity contribution in [2.75, 3.05) is 19.8 Å². The molecule has 1 aromatic carbocycles. The highest BCUT2D eigenvalue weighted by Crippen LogP contribution is 2.28. The van der Waals surface area contributed by atoms with Gasteiger partial charge in [-0.2, -0.15) is 0 Å². The van der Waals surface area contributed by atoms with Gasteiger partial charge in [0.15, 0.2) is 0 Å². The van der Waals surface area contributed by atoms with Gasteiger partial charge < -0.3 is 20.3 Å². The minimum atomic E-state index is -0.658. The number of aliphatic hydroxyl groups is 2. The van der Waals surface area contributed by atoms with Crippen LogP contribution in [0.4, 0.5) is 0 Å². The first-order valence-corrected chi connectivity index (χ1v) is 6.33. The molecular weight excluding hydrogens is 230 g/mol. The zero-order chi connectivity index (χ0) is 13.2. The number of benzene rings is 1. The van der Waals surface area contributed by atoms with E-state index in [0.717, 1.165) is 24.3 Å². The van der Waals surface area contributed by atoms with Crippen molar-refractivity contribution < 1.29 is 14.9 Å². The van der Waals surface area contributed by atoms with Gasteiger partial charge in [-0.15, -0.1) is 0 Å². The molecule has 0 aromatic heterocycles. The Balaban J connectivity index is 2.11. The summed E-state index contributed by atoms with van der Waals surface area (Å²) in [6, 6.07) is 6.22. The fraction of sp³-hybridized carbons (Fsp3) is 0.571. The van der Waals surface area contributed by atoms with Crippen molar-refractivity contribution in [1.29, 1.82) is 0 Å². The third-order valence-corrected chi connectivity index (χ3v) is 3.48. The molecule has 4 heteroatoms. The summed E-state index contributed by atoms with van der Waals surface area (Å²) >= 11 is 0. The molecule has 1 aliphatic heterocycles. The molecule has 0 spiro atoms. The summed E-state index contributed by atoms with van der Waals surface area (Å²) in [5.41, 5.74) is 1.72. The molecule has 0 bridgehead atoms. The first kappa shape index (κ1) is 13.3. The first-order valence-electron chi connectivity index (χ1n) is 6.33. The van der Waals surface area contributed by atoms with E-state index in [1.165, 1.54) is 5.56 Å². The summed E-state index contributed by atoms with van der Waals surface area (Å²) in [5, 5.41) is 21.8. The van der Waals surface area contributed by atoms with E-state index in [0.29, 0.717) is 0 Å². The van der Waals surface area contributed by atoms with Gasteiger partial charge in [0, 0.05) is 12.5 Å². The lowest BCUT2D eigenvalue weighted by Crippen LogP contribution is -2.49. The zero-order valence-electron chi connectivity index (χ0n) is 10.9. The van der Waals surface area contributed by atoms with Crippen LogP contribution in [-0.4, -0.2) is 35.6 Å². The minimum absolute atomic E-state index is 0.0696. The molecule has 100 valence electrons. The number of hydrogen-bond acceptors (Lipinski definition) is 4. The Labute approximate surface area is 108 Å². The molecule has 1 heterocycles. The van der Waals surface area contributed by atoms with Gasteiger partial charge in [-0.25, -0.2) is 0 Å². The van der Waals surface area contributed by atoms with E-state index in [9.17, 15) is 10.2 Å². The predicted octanol–water partition coefficient (Wildman–Crippen LogP) is 1.02. The topological polar surface area (TPSA) is 61.7 Å². The van der Waals surface area contributed by atoms with Crippen LogP contribution in [0.2, 0.25) is 0 Å². The van der Waals surface area contributed by atoms with Crippen molar-refractivity contribution in [3.8, 4) is 5.75 Å². The third kappa shape index (κ3) is 2.66. The van der Waals surface area contributed by atoms with E-state index in [2.05, 4.69) is 11.4 Å². The molecule has 1 atom stereocenters. The second-order valence-corrected chi connectivity index (χ2v) is 5.21. The van der Waals surface area contributed by atoms with Crippen molar-refractivity contribution in [3.63, 3.8) is 0 Å². The summed E-state index contributed by atoms with van der Waals surface area (Å²) in [6.45, 7) is 4.40. The molecule has 0 saturated carbocycles. The number of rotatable bonds is 5. The fourth-order valence-corrected chi connectivity index (χ4v) is 2.22. The van der Waals surface area contributed by atoms with Crippen LogP contribution in [0.25, 0.3) is 0 Å². The second-order valence-electron chi connectivity index (χ2n) is 5.21. The van der Waals surface area contributed by atoms with Crippen LogP contribution in [0.15, 0.2) is 18.2 Å². The quantitative estimate of drug-likeness (QED) is 0.731. The fourth-order valence-electron chi connectivity index (χ4n) is 2.22. The van der Waals surface area contributed by atoms with Crippen LogP contribution in [0.5, 0.6) is 5.75 Å². The van der Waals surface area contributed by atoms with Crippen LogP contribution in [-0.2, 0) is 6.42 Å². The monoisotopic (exact) mass is 251 g/mol. The van der Waals surface area contributed by atoms with E-state index in [1.54, 1.807) is 6.92 Å². The molecule has 18 heavy (non-hydrogen) atoms. The Hall–Kier alpha value is -1.10. The first-order chi connectivity index (χ1) is 8.58. The molecule has 2 rings (SSSR count). The summed E-state index contributed by atoms with van der Waals surface area (Å²) in [5.74, 6) is 0.970. The molecule has 0 radical (unpaired) electrons. The van der Waals surface area contributed by atoms with Crippen LogP contribution >= 0.6 is 0 Å². The Bertz CT molecular complexity index is 416. The van der Waals surface area contributed by atoms with Crippen molar-refractivity contribution in [2.45, 2.75) is 31.8 Å². The van der Waals surface area contributed by atoms with Gasteiger partial charge in [0.2, 0.25) is 0 Å². The molecule has 4 nitrogen and oxygen atoms in total. The van der Waals surface area contributed by atoms with Crippen LogP contribution in [0.1, 0.15) is 31.0 Å². The van der Waals surface area contributed by atoms with Crippen molar-refractivity contribution in [1.82, 2.24) is 5.32 Å². The number of fused-ring (bicyclic) bond motifs is 1. The molecule has 0 aliphatic carbocycles. The Morgan fingerprint density at radius 3 is 2.78 bits per heavy atom. The van der Waals surface area contributed by atoms with Gasteiger partial charge in [-0.3, -0.25) is 0 Å². The van der Waals surface area contributed by atoms with Crippen molar-refractivity contribution in [2.24, 2.45) is 0 Å². The van der Waals surface area contributed by atoms with Gasteiger partial charge in [0.05, 0.1) is 25.4 Å². The lowest BCUT2D eigenvalue weighted by atomic mass is 9.99. The number of hydrogen-bond donors (Lipinski definition) is 3. The van der Waals surface area contributed by atoms with Gasteiger partial charge in [-0.05, 0) is 31.0 Å². The lowest BCUT2D eigenvalue weighted by molar-refractivity contribution is 0.0957. The summed E-state index contributed by atoms with van der Waals surface area (Å²) < 4.78 is 5.48. The highest BCUT2D eigenvalue weighted by Gasteiger charge is 2.25. The molecule has 1 unspecified atom stereocenters. The summed E-state index contributed by atoms with van der Waals surface area (Å²) in [4.78, 5) is 0. The SMILES string of the molecule is CC(NC(C)(CO)CO)c1ccc2c(c1)CCO2. The molecule has 3 N–H and O–H groups in total. The molecular formula is C14H21NO3. The highest BCUT2D eigenvalue weighted by atomic mass is 16.5. The summed E-state index contributed by atoms with van der Waals surface area (Å²) in [7, 11) is 0. The average molecular weight is 251 g/mol. The normalized spacial score (nSPS) is 16.2. The number of aliphatic hydroxyl groups excluding tert-OH is 2. The van der Waals surface area contributed by atoms with Gasteiger partial charge in [0.1, 0.15) is 5.75 Å². The number of nitrogens with one attached hydrogen (secondary N) is 1. The van der Waals surface area contributed by atoms with E-state index in [-0.39, 0.29) is 19.3 Å². The Kier molecular flexibility index (Phi) is 3.90. The van der Waals surface area contributed by atoms with Crippen molar-refractivity contribution in [3.05, 3.63) is 29.3 Å². The van der Waals surface area contributed by atoms with Gasteiger partial charge in [-0.1, -0.05) is 12.1 Å². The molecule has 1 aliphatic rings. The maximum Gasteiger partial charge on any atom is 0.122 e. The van der Waals surface area contributed by atoms with Crippen molar-refractivity contribution >= 4 is 0 Å². The van der Waals surface area contributed by atoms with Crippen LogP contribution in [0, 0.1) is 0 Å². The minimum Gasteiger partial charge on any atom is -0.493 e. The van der Waals surface area contributed by atoms with Gasteiger partial charge in [0.25, 0.3) is 0 Å². The van der Waals surface area contributed by atoms with E-state index in [4.69, 9.17) is 4.74 Å². The standard InChI is InChI=1S/C14H21NO3/c1-10(15-14(2,8-16)9-17)11-3-4-13-12(7-11)5-6-18-13/h3-4,7,10,15-17H,5-6,8-9H2,1-2H3. The summed E-state index contributed by atoms with van der Waals surface area (Å²) in [6.07, 6.45) is 0.952. The third-order valence-electron chi connectivity index (χ3n) is 3.48. The maximum atomic E-state index is 9.29. The van der Waals surface area contributed by atoms with Gasteiger partial charge >= 0.3 is 0 Å². The van der Waals surface area contributed by atoms with E-state index in [1.807, 2.05) is 19.1 Å². The van der Waals surface area contributed by atoms with Crippen LogP contribution in [0.3, 0.4) is 0 Å². The molecule has 0 fully saturated rings. The average Bonchev–Trinajstić information content (AvgIpc) is 2.85. The van der Waals surface area contributed by atoms with E-state index < -0.39 is 5.54 Å².